The predicted octanol–water partition coefficient (Wildman–Crippen LogP) is 3.26. The van der Waals surface area contributed by atoms with E-state index < -0.39 is 27.4 Å². The Bertz CT molecular complexity index is 1690. The summed E-state index contributed by atoms with van der Waals surface area (Å²) in [5, 5.41) is 13.1. The first-order valence-electron chi connectivity index (χ1n) is 10.5. The molecule has 36 heavy (non-hydrogen) atoms. The van der Waals surface area contributed by atoms with Gasteiger partial charge in [0, 0.05) is 23.2 Å². The molecule has 0 saturated heterocycles. The van der Waals surface area contributed by atoms with Crippen molar-refractivity contribution in [3.63, 3.8) is 0 Å². The molecule has 0 aliphatic heterocycles. The lowest BCUT2D eigenvalue weighted by Crippen LogP contribution is -2.34. The van der Waals surface area contributed by atoms with Gasteiger partial charge in [-0.1, -0.05) is 6.07 Å². The largest absolute Gasteiger partial charge is 0.373 e. The van der Waals surface area contributed by atoms with E-state index in [2.05, 4.69) is 15.6 Å². The summed E-state index contributed by atoms with van der Waals surface area (Å²) in [7, 11) is -2.46. The van der Waals surface area contributed by atoms with Gasteiger partial charge in [0.25, 0.3) is 15.6 Å². The van der Waals surface area contributed by atoms with Crippen molar-refractivity contribution in [1.29, 1.82) is 5.41 Å². The normalized spacial score (nSPS) is 11.3. The highest BCUT2D eigenvalue weighted by molar-refractivity contribution is 7.92. The molecule has 4 rings (SSSR count). The van der Waals surface area contributed by atoms with Crippen molar-refractivity contribution < 1.29 is 17.6 Å². The van der Waals surface area contributed by atoms with Crippen molar-refractivity contribution in [3.8, 4) is 5.69 Å². The molecule has 2 aromatic carbocycles. The van der Waals surface area contributed by atoms with Crippen LogP contribution in [-0.4, -0.2) is 36.9 Å². The lowest BCUT2D eigenvalue weighted by Gasteiger charge is -2.14. The molecule has 0 fully saturated rings. The van der Waals surface area contributed by atoms with E-state index in [4.69, 9.17) is 5.41 Å². The number of nitrogens with zero attached hydrogens (tertiary/aromatic N) is 2. The number of aromatic nitrogens is 2. The van der Waals surface area contributed by atoms with Crippen molar-refractivity contribution in [2.45, 2.75) is 18.1 Å². The number of urea groups is 1. The molecule has 0 saturated carbocycles. The summed E-state index contributed by atoms with van der Waals surface area (Å²) in [5.74, 6) is -0.447. The number of rotatable bonds is 5. The lowest BCUT2D eigenvalue weighted by molar-refractivity contribution is 0.256. The van der Waals surface area contributed by atoms with Crippen LogP contribution in [0.25, 0.3) is 16.6 Å². The Morgan fingerprint density at radius 3 is 2.50 bits per heavy atom. The minimum absolute atomic E-state index is 0.0130. The molecule has 4 aromatic rings. The van der Waals surface area contributed by atoms with E-state index in [9.17, 15) is 18.0 Å². The number of carbonyl (C=O) groups excluding carboxylic acids is 1. The summed E-state index contributed by atoms with van der Waals surface area (Å²) < 4.78 is 42.6. The first kappa shape index (κ1) is 25.0. The van der Waals surface area contributed by atoms with Crippen LogP contribution in [0.1, 0.15) is 16.3 Å². The molecule has 0 unspecified atom stereocenters. The molecule has 0 aliphatic carbocycles. The highest BCUT2D eigenvalue weighted by Crippen LogP contribution is 2.22. The number of aryl methyl sites for hydroxylation is 2. The van der Waals surface area contributed by atoms with Crippen LogP contribution in [0.5, 0.6) is 0 Å². The summed E-state index contributed by atoms with van der Waals surface area (Å²) in [6.07, 6.45) is 0. The number of carbonyl (C=O) groups is 1. The zero-order valence-electron chi connectivity index (χ0n) is 19.3. The van der Waals surface area contributed by atoms with Gasteiger partial charge < -0.3 is 10.6 Å². The quantitative estimate of drug-likeness (QED) is 0.231. The average molecular weight is 529 g/mol. The fraction of sp³-hybridized carbons (Fsp3) is 0.130. The third kappa shape index (κ3) is 4.83. The number of halogens is 1. The minimum atomic E-state index is -4.07. The number of benzene rings is 2. The van der Waals surface area contributed by atoms with Gasteiger partial charge in [0.05, 0.1) is 16.6 Å². The number of amidine groups is 1. The highest BCUT2D eigenvalue weighted by Gasteiger charge is 2.20. The Morgan fingerprint density at radius 1 is 1.11 bits per heavy atom. The second-order valence-corrected chi connectivity index (χ2v) is 10.9. The monoisotopic (exact) mass is 528 g/mol. The number of nitrogens with one attached hydrogen (secondary N) is 4. The zero-order valence-corrected chi connectivity index (χ0v) is 21.0. The summed E-state index contributed by atoms with van der Waals surface area (Å²) in [4.78, 5) is 30.5. The summed E-state index contributed by atoms with van der Waals surface area (Å²) in [6, 6.07) is 10.3. The Kier molecular flexibility index (Phi) is 6.61. The molecule has 10 nitrogen and oxygen atoms in total. The van der Waals surface area contributed by atoms with Crippen LogP contribution < -0.4 is 20.9 Å². The van der Waals surface area contributed by atoms with E-state index in [-0.39, 0.29) is 32.6 Å². The van der Waals surface area contributed by atoms with Crippen LogP contribution >= 0.6 is 11.3 Å². The number of thiophene rings is 1. The molecule has 0 atom stereocenters. The van der Waals surface area contributed by atoms with E-state index >= 15 is 4.39 Å². The average Bonchev–Trinajstić information content (AvgIpc) is 3.26. The molecule has 13 heteroatoms. The summed E-state index contributed by atoms with van der Waals surface area (Å²) >= 11 is 1.01. The smallest absolute Gasteiger partial charge is 0.333 e. The Hall–Kier alpha value is -4.10. The van der Waals surface area contributed by atoms with Crippen LogP contribution in [0.15, 0.2) is 57.5 Å². The SMILES string of the molecule is CNC(=N)c1ccc2c(=O)n(-c3ccc(NC(=O)NS(=O)(=O)c4ccc(C)s4)cc3F)c(C)nc2c1. The van der Waals surface area contributed by atoms with Crippen molar-refractivity contribution in [2.24, 2.45) is 0 Å². The van der Waals surface area contributed by atoms with Gasteiger partial charge in [0.15, 0.2) is 0 Å². The first-order chi connectivity index (χ1) is 17.0. The van der Waals surface area contributed by atoms with Gasteiger partial charge in [-0.3, -0.25) is 14.8 Å². The molecule has 2 heterocycles. The van der Waals surface area contributed by atoms with Crippen LogP contribution in [-0.2, 0) is 10.0 Å². The van der Waals surface area contributed by atoms with Crippen LogP contribution in [0.4, 0.5) is 14.9 Å². The van der Waals surface area contributed by atoms with E-state index in [1.165, 1.54) is 24.3 Å². The third-order valence-corrected chi connectivity index (χ3v) is 8.05. The molecule has 4 N–H and O–H groups in total. The zero-order chi connectivity index (χ0) is 26.2. The molecule has 0 radical (unpaired) electrons. The molecule has 0 aliphatic rings. The van der Waals surface area contributed by atoms with Gasteiger partial charge in [0.2, 0.25) is 0 Å². The topological polar surface area (TPSA) is 146 Å². The van der Waals surface area contributed by atoms with Crippen molar-refractivity contribution >= 4 is 49.8 Å². The molecule has 2 aromatic heterocycles. The van der Waals surface area contributed by atoms with Crippen LogP contribution in [0, 0.1) is 25.1 Å². The van der Waals surface area contributed by atoms with E-state index in [0.717, 1.165) is 26.8 Å². The second kappa shape index (κ2) is 9.51. The number of fused-ring (bicyclic) bond motifs is 1. The van der Waals surface area contributed by atoms with Crippen molar-refractivity contribution in [3.05, 3.63) is 81.0 Å². The molecule has 0 bridgehead atoms. The molecule has 2 amide bonds. The lowest BCUT2D eigenvalue weighted by atomic mass is 10.1. The fourth-order valence-corrected chi connectivity index (χ4v) is 5.72. The molecular formula is C23H21FN6O4S2. The Labute approximate surface area is 209 Å². The Balaban J connectivity index is 1.61. The van der Waals surface area contributed by atoms with Gasteiger partial charge in [-0.25, -0.2) is 27.3 Å². The van der Waals surface area contributed by atoms with Crippen LogP contribution in [0.3, 0.4) is 0 Å². The first-order valence-corrected chi connectivity index (χ1v) is 12.8. The molecule has 186 valence electrons. The highest BCUT2D eigenvalue weighted by atomic mass is 32.2. The predicted molar refractivity (Wildman–Crippen MR) is 136 cm³/mol. The van der Waals surface area contributed by atoms with Gasteiger partial charge in [-0.15, -0.1) is 11.3 Å². The van der Waals surface area contributed by atoms with Gasteiger partial charge >= 0.3 is 6.03 Å². The van der Waals surface area contributed by atoms with E-state index in [1.807, 2.05) is 4.72 Å². The number of sulfonamides is 1. The van der Waals surface area contributed by atoms with Gasteiger partial charge in [0.1, 0.15) is 21.7 Å². The number of hydrogen-bond acceptors (Lipinski definition) is 7. The Morgan fingerprint density at radius 2 is 1.86 bits per heavy atom. The standard InChI is InChI=1S/C23H21FN6O4S2/c1-12-4-9-20(35-12)36(33,34)29-23(32)28-15-6-8-19(17(24)11-15)30-13(2)27-18-10-14(21(25)26-3)5-7-16(18)22(30)31/h4-11H,1-3H3,(H2,25,26)(H2,28,29,32). The maximum Gasteiger partial charge on any atom is 0.333 e. The van der Waals surface area contributed by atoms with Gasteiger partial charge in [-0.05, 0) is 56.3 Å². The maximum atomic E-state index is 15.1. The fourth-order valence-electron chi connectivity index (χ4n) is 3.53. The second-order valence-electron chi connectivity index (χ2n) is 7.75. The van der Waals surface area contributed by atoms with E-state index in [1.54, 1.807) is 39.1 Å². The van der Waals surface area contributed by atoms with Crippen LogP contribution in [0.2, 0.25) is 0 Å². The number of anilines is 1. The molecular weight excluding hydrogens is 507 g/mol. The maximum absolute atomic E-state index is 15.1. The number of amides is 2. The number of hydrogen-bond donors (Lipinski definition) is 4. The van der Waals surface area contributed by atoms with Crippen molar-refractivity contribution in [1.82, 2.24) is 19.6 Å². The molecule has 0 spiro atoms. The minimum Gasteiger partial charge on any atom is -0.373 e. The van der Waals surface area contributed by atoms with Crippen molar-refractivity contribution in [2.75, 3.05) is 12.4 Å². The third-order valence-electron chi connectivity index (χ3n) is 5.23. The summed E-state index contributed by atoms with van der Waals surface area (Å²) in [6.45, 7) is 3.28. The van der Waals surface area contributed by atoms with Gasteiger partial charge in [-0.2, -0.15) is 0 Å². The summed E-state index contributed by atoms with van der Waals surface area (Å²) in [5.41, 5.74) is 0.302. The van der Waals surface area contributed by atoms with E-state index in [0.29, 0.717) is 11.1 Å².